The van der Waals surface area contributed by atoms with Gasteiger partial charge in [0.2, 0.25) is 0 Å². The van der Waals surface area contributed by atoms with E-state index in [9.17, 15) is 9.59 Å². The average Bonchev–Trinajstić information content (AvgIpc) is 2.28. The van der Waals surface area contributed by atoms with Gasteiger partial charge in [0.15, 0.2) is 0 Å². The maximum Gasteiger partial charge on any atom is 0.317 e. The van der Waals surface area contributed by atoms with Crippen LogP contribution in [0.25, 0.3) is 0 Å². The first-order chi connectivity index (χ1) is 7.63. The smallest absolute Gasteiger partial charge is 0.317 e. The monoisotopic (exact) mass is 222 g/mol. The molecule has 0 bridgehead atoms. The van der Waals surface area contributed by atoms with Crippen molar-refractivity contribution in [1.82, 2.24) is 10.6 Å². The maximum absolute atomic E-state index is 11.2. The summed E-state index contributed by atoms with van der Waals surface area (Å²) in [5.74, 6) is -1.02. The zero-order valence-corrected chi connectivity index (χ0v) is 8.99. The van der Waals surface area contributed by atoms with Gasteiger partial charge >= 0.3 is 5.97 Å². The molecule has 16 heavy (non-hydrogen) atoms. The Balaban J connectivity index is 2.51. The number of hydrogen-bond donors (Lipinski definition) is 3. The van der Waals surface area contributed by atoms with Gasteiger partial charge in [0.1, 0.15) is 0 Å². The quantitative estimate of drug-likeness (QED) is 0.666. The van der Waals surface area contributed by atoms with E-state index in [4.69, 9.17) is 5.11 Å². The molecule has 0 saturated heterocycles. The normalized spacial score (nSPS) is 9.81. The minimum absolute atomic E-state index is 0.0722. The van der Waals surface area contributed by atoms with E-state index in [1.807, 2.05) is 0 Å². The Kier molecular flexibility index (Phi) is 4.47. The van der Waals surface area contributed by atoms with Crippen molar-refractivity contribution >= 4 is 11.9 Å². The van der Waals surface area contributed by atoms with Gasteiger partial charge in [0.25, 0.3) is 5.91 Å². The van der Waals surface area contributed by atoms with Crippen LogP contribution >= 0.6 is 0 Å². The lowest BCUT2D eigenvalue weighted by molar-refractivity contribution is -0.135. The van der Waals surface area contributed by atoms with Crippen molar-refractivity contribution in [2.45, 2.75) is 6.54 Å². The second kappa shape index (κ2) is 5.87. The second-order valence-corrected chi connectivity index (χ2v) is 3.27. The molecular formula is C11H14N2O3. The number of benzene rings is 1. The van der Waals surface area contributed by atoms with E-state index in [2.05, 4.69) is 10.6 Å². The van der Waals surface area contributed by atoms with Crippen molar-refractivity contribution in [1.29, 1.82) is 0 Å². The van der Waals surface area contributed by atoms with Gasteiger partial charge in [-0.05, 0) is 17.7 Å². The summed E-state index contributed by atoms with van der Waals surface area (Å²) in [5.41, 5.74) is 1.53. The van der Waals surface area contributed by atoms with Gasteiger partial charge < -0.3 is 15.7 Å². The van der Waals surface area contributed by atoms with E-state index in [0.29, 0.717) is 12.1 Å². The molecule has 0 aliphatic carbocycles. The van der Waals surface area contributed by atoms with E-state index in [1.54, 1.807) is 31.3 Å². The third-order valence-corrected chi connectivity index (χ3v) is 2.05. The van der Waals surface area contributed by atoms with Gasteiger partial charge in [-0.1, -0.05) is 12.1 Å². The summed E-state index contributed by atoms with van der Waals surface area (Å²) in [6, 6.07) is 6.99. The summed E-state index contributed by atoms with van der Waals surface area (Å²) in [6.45, 7) is 0.400. The van der Waals surface area contributed by atoms with Crippen molar-refractivity contribution in [3.8, 4) is 0 Å². The van der Waals surface area contributed by atoms with Gasteiger partial charge in [0.05, 0.1) is 6.54 Å². The van der Waals surface area contributed by atoms with Crippen molar-refractivity contribution < 1.29 is 14.7 Å². The highest BCUT2D eigenvalue weighted by atomic mass is 16.4. The lowest BCUT2D eigenvalue weighted by atomic mass is 10.1. The molecule has 86 valence electrons. The molecule has 1 rings (SSSR count). The van der Waals surface area contributed by atoms with Crippen LogP contribution in [0.1, 0.15) is 15.9 Å². The van der Waals surface area contributed by atoms with Crippen molar-refractivity contribution in [2.24, 2.45) is 0 Å². The molecule has 0 unspecified atom stereocenters. The Morgan fingerprint density at radius 1 is 1.25 bits per heavy atom. The first kappa shape index (κ1) is 12.2. The predicted molar refractivity (Wildman–Crippen MR) is 59.2 cm³/mol. The average molecular weight is 222 g/mol. The third kappa shape index (κ3) is 3.70. The molecule has 0 radical (unpaired) electrons. The number of hydrogen-bond acceptors (Lipinski definition) is 3. The van der Waals surface area contributed by atoms with Crippen LogP contribution in [0.3, 0.4) is 0 Å². The number of nitrogens with one attached hydrogen (secondary N) is 2. The fraction of sp³-hybridized carbons (Fsp3) is 0.273. The Labute approximate surface area is 93.5 Å². The number of carbonyl (C=O) groups excluding carboxylic acids is 1. The number of carboxylic acid groups (broad SMARTS) is 1. The minimum Gasteiger partial charge on any atom is -0.480 e. The summed E-state index contributed by atoms with van der Waals surface area (Å²) in [5, 5.41) is 13.7. The number of amides is 1. The fourth-order valence-corrected chi connectivity index (χ4v) is 1.23. The van der Waals surface area contributed by atoms with Crippen LogP contribution in [-0.2, 0) is 11.3 Å². The highest BCUT2D eigenvalue weighted by Gasteiger charge is 2.02. The molecule has 3 N–H and O–H groups in total. The summed E-state index contributed by atoms with van der Waals surface area (Å²) in [7, 11) is 1.57. The third-order valence-electron chi connectivity index (χ3n) is 2.05. The standard InChI is InChI=1S/C11H14N2O3/c1-12-11(16)9-4-2-8(3-5-9)6-13-7-10(14)15/h2-5,13H,6-7H2,1H3,(H,12,16)(H,14,15). The summed E-state index contributed by atoms with van der Waals surface area (Å²) >= 11 is 0. The number of rotatable bonds is 5. The molecule has 0 aromatic heterocycles. The second-order valence-electron chi connectivity index (χ2n) is 3.27. The molecule has 0 fully saturated rings. The van der Waals surface area contributed by atoms with E-state index < -0.39 is 5.97 Å². The molecule has 0 saturated carbocycles. The van der Waals surface area contributed by atoms with Gasteiger partial charge in [-0.3, -0.25) is 9.59 Å². The molecule has 0 aliphatic rings. The molecule has 0 spiro atoms. The zero-order valence-electron chi connectivity index (χ0n) is 8.99. The van der Waals surface area contributed by atoms with E-state index in [-0.39, 0.29) is 12.5 Å². The van der Waals surface area contributed by atoms with Crippen molar-refractivity contribution in [2.75, 3.05) is 13.6 Å². The van der Waals surface area contributed by atoms with Crippen LogP contribution in [0.15, 0.2) is 24.3 Å². The van der Waals surface area contributed by atoms with E-state index in [0.717, 1.165) is 5.56 Å². The Bertz CT molecular complexity index is 373. The van der Waals surface area contributed by atoms with Crippen molar-refractivity contribution in [3.05, 3.63) is 35.4 Å². The first-order valence-corrected chi connectivity index (χ1v) is 4.87. The topological polar surface area (TPSA) is 78.4 Å². The van der Waals surface area contributed by atoms with Crippen LogP contribution in [0.4, 0.5) is 0 Å². The summed E-state index contributed by atoms with van der Waals surface area (Å²) < 4.78 is 0. The SMILES string of the molecule is CNC(=O)c1ccc(CNCC(=O)O)cc1. The largest absolute Gasteiger partial charge is 0.480 e. The molecule has 0 atom stereocenters. The maximum atomic E-state index is 11.2. The lowest BCUT2D eigenvalue weighted by Crippen LogP contribution is -2.22. The van der Waals surface area contributed by atoms with Gasteiger partial charge in [0, 0.05) is 19.2 Å². The Hall–Kier alpha value is -1.88. The number of carbonyl (C=O) groups is 2. The van der Waals surface area contributed by atoms with Gasteiger partial charge in [-0.25, -0.2) is 0 Å². The van der Waals surface area contributed by atoms with Crippen molar-refractivity contribution in [3.63, 3.8) is 0 Å². The minimum atomic E-state index is -0.887. The van der Waals surface area contributed by atoms with Crippen LogP contribution < -0.4 is 10.6 Å². The molecular weight excluding hydrogens is 208 g/mol. The van der Waals surface area contributed by atoms with Crippen LogP contribution in [0.5, 0.6) is 0 Å². The molecule has 5 heteroatoms. The predicted octanol–water partition coefficient (Wildman–Crippen LogP) is 0.220. The highest BCUT2D eigenvalue weighted by molar-refractivity contribution is 5.93. The highest BCUT2D eigenvalue weighted by Crippen LogP contribution is 2.03. The van der Waals surface area contributed by atoms with Crippen LogP contribution in [0.2, 0.25) is 0 Å². The molecule has 1 aromatic rings. The lowest BCUT2D eigenvalue weighted by Gasteiger charge is -2.03. The molecule has 1 amide bonds. The fourth-order valence-electron chi connectivity index (χ4n) is 1.23. The Morgan fingerprint density at radius 3 is 2.38 bits per heavy atom. The number of carboxylic acids is 1. The number of aliphatic carboxylic acids is 1. The van der Waals surface area contributed by atoms with E-state index >= 15 is 0 Å². The van der Waals surface area contributed by atoms with Crippen LogP contribution in [0, 0.1) is 0 Å². The van der Waals surface area contributed by atoms with Crippen LogP contribution in [-0.4, -0.2) is 30.6 Å². The summed E-state index contributed by atoms with van der Waals surface area (Å²) in [4.78, 5) is 21.5. The summed E-state index contributed by atoms with van der Waals surface area (Å²) in [6.07, 6.45) is 0. The van der Waals surface area contributed by atoms with E-state index in [1.165, 1.54) is 0 Å². The zero-order chi connectivity index (χ0) is 12.0. The Morgan fingerprint density at radius 2 is 1.88 bits per heavy atom. The van der Waals surface area contributed by atoms with Gasteiger partial charge in [-0.15, -0.1) is 0 Å². The van der Waals surface area contributed by atoms with Gasteiger partial charge in [-0.2, -0.15) is 0 Å². The first-order valence-electron chi connectivity index (χ1n) is 4.87. The molecule has 0 aliphatic heterocycles. The molecule has 5 nitrogen and oxygen atoms in total. The molecule has 0 heterocycles. The molecule has 1 aromatic carbocycles.